The lowest BCUT2D eigenvalue weighted by Gasteiger charge is -2.19. The third-order valence-electron chi connectivity index (χ3n) is 4.16. The molecule has 5 heteroatoms. The fraction of sp³-hybridized carbons (Fsp3) is 0.714. The molecule has 106 valence electrons. The smallest absolute Gasteiger partial charge is 0.179 e. The van der Waals surface area contributed by atoms with E-state index in [1.54, 1.807) is 13.4 Å². The van der Waals surface area contributed by atoms with E-state index in [4.69, 9.17) is 9.47 Å². The van der Waals surface area contributed by atoms with Gasteiger partial charge in [-0.3, -0.25) is 4.79 Å². The predicted octanol–water partition coefficient (Wildman–Crippen LogP) is 2.21. The molecule has 0 spiro atoms. The summed E-state index contributed by atoms with van der Waals surface area (Å²) in [5.41, 5.74) is 1.40. The Bertz CT molecular complexity index is 469. The van der Waals surface area contributed by atoms with Gasteiger partial charge in [-0.25, -0.2) is 4.98 Å². The van der Waals surface area contributed by atoms with Crippen molar-refractivity contribution in [2.24, 2.45) is 11.8 Å². The summed E-state index contributed by atoms with van der Waals surface area (Å²) in [5, 5.41) is 0. The minimum atomic E-state index is -0.0734. The quantitative estimate of drug-likeness (QED) is 0.784. The number of Topliss-reactive ketones (excluding diaryl/α,β-unsaturated/α-hetero) is 1. The highest BCUT2D eigenvalue weighted by molar-refractivity contribution is 5.93. The number of aromatic nitrogens is 2. The molecule has 0 unspecified atom stereocenters. The molecular formula is C14H22N2O3. The second kappa shape index (κ2) is 5.43. The Hall–Kier alpha value is -1.20. The molecule has 2 rings (SSSR count). The Morgan fingerprint density at radius 2 is 2.16 bits per heavy atom. The van der Waals surface area contributed by atoms with Crippen molar-refractivity contribution in [3.05, 3.63) is 17.7 Å². The zero-order valence-electron chi connectivity index (χ0n) is 12.2. The topological polar surface area (TPSA) is 53.4 Å². The van der Waals surface area contributed by atoms with Crippen LogP contribution in [-0.2, 0) is 9.47 Å². The van der Waals surface area contributed by atoms with Gasteiger partial charge in [-0.05, 0) is 12.8 Å². The van der Waals surface area contributed by atoms with E-state index in [1.165, 1.54) is 6.92 Å². The first-order chi connectivity index (χ1) is 8.97. The predicted molar refractivity (Wildman–Crippen MR) is 71.1 cm³/mol. The third kappa shape index (κ3) is 2.44. The van der Waals surface area contributed by atoms with Gasteiger partial charge in [-0.1, -0.05) is 13.8 Å². The molecule has 0 saturated carbocycles. The van der Waals surface area contributed by atoms with E-state index >= 15 is 0 Å². The molecule has 5 nitrogen and oxygen atoms in total. The van der Waals surface area contributed by atoms with Crippen molar-refractivity contribution in [2.45, 2.75) is 40.0 Å². The van der Waals surface area contributed by atoms with Crippen LogP contribution in [0.1, 0.15) is 43.2 Å². The number of ketones is 1. The number of nitrogens with zero attached hydrogens (tertiary/aromatic N) is 2. The Morgan fingerprint density at radius 3 is 2.68 bits per heavy atom. The van der Waals surface area contributed by atoms with Gasteiger partial charge in [-0.2, -0.15) is 0 Å². The lowest BCUT2D eigenvalue weighted by molar-refractivity contribution is -0.0444. The van der Waals surface area contributed by atoms with Gasteiger partial charge in [0.2, 0.25) is 0 Å². The Labute approximate surface area is 113 Å². The number of ether oxygens (including phenoxy) is 2. The average molecular weight is 266 g/mol. The largest absolute Gasteiger partial charge is 0.382 e. The molecule has 0 amide bonds. The van der Waals surface area contributed by atoms with E-state index < -0.39 is 0 Å². The maximum atomic E-state index is 11.5. The van der Waals surface area contributed by atoms with E-state index in [1.807, 2.05) is 11.5 Å². The number of carbonyl (C=O) groups excluding carboxylic acids is 1. The van der Waals surface area contributed by atoms with Crippen LogP contribution in [0.2, 0.25) is 0 Å². The highest BCUT2D eigenvalue weighted by Crippen LogP contribution is 2.39. The van der Waals surface area contributed by atoms with Crippen LogP contribution in [0, 0.1) is 18.8 Å². The molecule has 19 heavy (non-hydrogen) atoms. The highest BCUT2D eigenvalue weighted by atomic mass is 16.5. The minimum absolute atomic E-state index is 0.0108. The van der Waals surface area contributed by atoms with Gasteiger partial charge >= 0.3 is 0 Å². The van der Waals surface area contributed by atoms with E-state index in [-0.39, 0.29) is 18.1 Å². The normalized spacial score (nSPS) is 30.8. The first kappa shape index (κ1) is 14.2. The second-order valence-corrected chi connectivity index (χ2v) is 5.38. The molecule has 1 aliphatic heterocycles. The number of carbonyl (C=O) groups is 1. The van der Waals surface area contributed by atoms with Gasteiger partial charge < -0.3 is 14.0 Å². The fourth-order valence-corrected chi connectivity index (χ4v) is 2.72. The van der Waals surface area contributed by atoms with Crippen LogP contribution in [0.4, 0.5) is 0 Å². The van der Waals surface area contributed by atoms with Crippen molar-refractivity contribution in [3.8, 4) is 0 Å². The molecule has 0 bridgehead atoms. The number of rotatable bonds is 4. The van der Waals surface area contributed by atoms with Gasteiger partial charge in [0.25, 0.3) is 0 Å². The van der Waals surface area contributed by atoms with Crippen LogP contribution < -0.4 is 0 Å². The second-order valence-electron chi connectivity index (χ2n) is 5.38. The lowest BCUT2D eigenvalue weighted by atomic mass is 9.93. The minimum Gasteiger partial charge on any atom is -0.382 e. The molecule has 0 N–H and O–H groups in total. The summed E-state index contributed by atoms with van der Waals surface area (Å²) in [5.74, 6) is 0.753. The molecule has 0 aliphatic carbocycles. The third-order valence-corrected chi connectivity index (χ3v) is 4.16. The summed E-state index contributed by atoms with van der Waals surface area (Å²) in [7, 11) is 1.68. The van der Waals surface area contributed by atoms with E-state index in [0.717, 1.165) is 5.69 Å². The number of hydrogen-bond donors (Lipinski definition) is 0. The summed E-state index contributed by atoms with van der Waals surface area (Å²) in [6.07, 6.45) is 1.72. The molecule has 0 aromatic carbocycles. The maximum Gasteiger partial charge on any atom is 0.179 e. The molecule has 1 aliphatic rings. The van der Waals surface area contributed by atoms with Crippen molar-refractivity contribution >= 4 is 5.78 Å². The lowest BCUT2D eigenvalue weighted by Crippen LogP contribution is -2.21. The van der Waals surface area contributed by atoms with Crippen molar-refractivity contribution in [3.63, 3.8) is 0 Å². The van der Waals surface area contributed by atoms with Gasteiger partial charge in [0.15, 0.2) is 5.78 Å². The SMILES string of the molecule is COC[C@H]1O[C@@H](n2cnc(C(C)=O)c2C)[C@H](C)[C@@H]1C. The first-order valence-electron chi connectivity index (χ1n) is 6.66. The summed E-state index contributed by atoms with van der Waals surface area (Å²) < 4.78 is 13.2. The first-order valence-corrected chi connectivity index (χ1v) is 6.66. The molecular weight excluding hydrogens is 244 g/mol. The highest BCUT2D eigenvalue weighted by Gasteiger charge is 2.40. The van der Waals surface area contributed by atoms with Crippen LogP contribution in [0.5, 0.6) is 0 Å². The zero-order chi connectivity index (χ0) is 14.2. The average Bonchev–Trinajstić information content (AvgIpc) is 2.85. The van der Waals surface area contributed by atoms with Crippen LogP contribution in [0.3, 0.4) is 0 Å². The Balaban J connectivity index is 2.25. The molecule has 1 aromatic heterocycles. The van der Waals surface area contributed by atoms with Gasteiger partial charge in [0.05, 0.1) is 19.0 Å². The number of hydrogen-bond acceptors (Lipinski definition) is 4. The maximum absolute atomic E-state index is 11.5. The van der Waals surface area contributed by atoms with E-state index in [0.29, 0.717) is 24.1 Å². The van der Waals surface area contributed by atoms with E-state index in [9.17, 15) is 4.79 Å². The van der Waals surface area contributed by atoms with Gasteiger partial charge in [0, 0.05) is 25.6 Å². The molecule has 1 fully saturated rings. The van der Waals surface area contributed by atoms with E-state index in [2.05, 4.69) is 18.8 Å². The standard InChI is InChI=1S/C14H22N2O3/c1-8-9(2)14(19-12(8)6-18-5)16-7-15-13(10(16)3)11(4)17/h7-9,12,14H,6H2,1-5H3/t8-,9+,12+,14+/m0/s1. The van der Waals surface area contributed by atoms with Gasteiger partial charge in [0.1, 0.15) is 11.9 Å². The fourth-order valence-electron chi connectivity index (χ4n) is 2.72. The molecule has 1 saturated heterocycles. The number of imidazole rings is 1. The van der Waals surface area contributed by atoms with Crippen molar-refractivity contribution in [2.75, 3.05) is 13.7 Å². The van der Waals surface area contributed by atoms with Crippen LogP contribution in [0.25, 0.3) is 0 Å². The summed E-state index contributed by atoms with van der Waals surface area (Å²) in [4.78, 5) is 15.7. The summed E-state index contributed by atoms with van der Waals surface area (Å²) in [6.45, 7) is 8.38. The van der Waals surface area contributed by atoms with Crippen LogP contribution >= 0.6 is 0 Å². The zero-order valence-corrected chi connectivity index (χ0v) is 12.2. The summed E-state index contributed by atoms with van der Waals surface area (Å²) in [6, 6.07) is 0. The summed E-state index contributed by atoms with van der Waals surface area (Å²) >= 11 is 0. The molecule has 2 heterocycles. The molecule has 4 atom stereocenters. The molecule has 1 aromatic rings. The number of methoxy groups -OCH3 is 1. The Kier molecular flexibility index (Phi) is 4.06. The van der Waals surface area contributed by atoms with Crippen molar-refractivity contribution in [1.82, 2.24) is 9.55 Å². The van der Waals surface area contributed by atoms with Crippen molar-refractivity contribution in [1.29, 1.82) is 0 Å². The monoisotopic (exact) mass is 266 g/mol. The van der Waals surface area contributed by atoms with Crippen LogP contribution in [0.15, 0.2) is 6.33 Å². The Morgan fingerprint density at radius 1 is 1.47 bits per heavy atom. The molecule has 0 radical (unpaired) electrons. The van der Waals surface area contributed by atoms with Gasteiger partial charge in [-0.15, -0.1) is 0 Å². The van der Waals surface area contributed by atoms with Crippen molar-refractivity contribution < 1.29 is 14.3 Å². The van der Waals surface area contributed by atoms with Crippen LogP contribution in [-0.4, -0.2) is 35.2 Å².